The number of ketones is 1. The fourth-order valence-corrected chi connectivity index (χ4v) is 5.53. The van der Waals surface area contributed by atoms with Crippen molar-refractivity contribution in [3.63, 3.8) is 0 Å². The van der Waals surface area contributed by atoms with Gasteiger partial charge < -0.3 is 15.3 Å². The van der Waals surface area contributed by atoms with E-state index in [-0.39, 0.29) is 36.3 Å². The van der Waals surface area contributed by atoms with Crippen LogP contribution in [0.1, 0.15) is 53.6 Å². The first-order valence-electron chi connectivity index (χ1n) is 12.4. The van der Waals surface area contributed by atoms with Crippen LogP contribution >= 0.6 is 0 Å². The van der Waals surface area contributed by atoms with Crippen molar-refractivity contribution in [2.45, 2.75) is 56.0 Å². The maximum Gasteiger partial charge on any atom is 0.416 e. The molecular formula is C28H30F3N3O3. The van der Waals surface area contributed by atoms with Gasteiger partial charge in [0, 0.05) is 55.4 Å². The van der Waals surface area contributed by atoms with E-state index in [0.717, 1.165) is 49.4 Å². The Hall–Kier alpha value is -3.22. The SMILES string of the molecule is [C-]#[N+]C1(c2ccccc2)CCC(N2CC(CC(=O)CNC(=O)c3cccc(C(F)(F)F)c3)[C@@H](O)C2)CC1. The van der Waals surface area contributed by atoms with Gasteiger partial charge in [0.1, 0.15) is 0 Å². The van der Waals surface area contributed by atoms with E-state index in [0.29, 0.717) is 13.1 Å². The van der Waals surface area contributed by atoms with E-state index in [1.165, 1.54) is 6.07 Å². The Labute approximate surface area is 214 Å². The Morgan fingerprint density at radius 1 is 1.08 bits per heavy atom. The van der Waals surface area contributed by atoms with E-state index in [1.54, 1.807) is 0 Å². The van der Waals surface area contributed by atoms with Crippen LogP contribution in [0.3, 0.4) is 0 Å². The lowest BCUT2D eigenvalue weighted by Gasteiger charge is -2.36. The molecule has 0 spiro atoms. The topological polar surface area (TPSA) is 74.0 Å². The fourth-order valence-electron chi connectivity index (χ4n) is 5.53. The molecule has 2 N–H and O–H groups in total. The molecule has 2 fully saturated rings. The number of Topliss-reactive ketones (excluding diaryl/α,β-unsaturated/α-hetero) is 1. The number of hydrogen-bond donors (Lipinski definition) is 2. The molecule has 37 heavy (non-hydrogen) atoms. The van der Waals surface area contributed by atoms with Crippen LogP contribution in [0.4, 0.5) is 13.2 Å². The number of carbonyl (C=O) groups is 2. The van der Waals surface area contributed by atoms with Crippen LogP contribution in [-0.4, -0.2) is 53.5 Å². The van der Waals surface area contributed by atoms with E-state index in [1.807, 2.05) is 30.3 Å². The van der Waals surface area contributed by atoms with Crippen molar-refractivity contribution in [2.24, 2.45) is 5.92 Å². The quantitative estimate of drug-likeness (QED) is 0.537. The van der Waals surface area contributed by atoms with Gasteiger partial charge >= 0.3 is 6.18 Å². The number of rotatable bonds is 7. The Bertz CT molecular complexity index is 1150. The molecule has 9 heteroatoms. The van der Waals surface area contributed by atoms with Gasteiger partial charge in [-0.25, -0.2) is 6.57 Å². The third-order valence-electron chi connectivity index (χ3n) is 7.65. The van der Waals surface area contributed by atoms with Crippen molar-refractivity contribution < 1.29 is 27.9 Å². The summed E-state index contributed by atoms with van der Waals surface area (Å²) in [6, 6.07) is 14.1. The lowest BCUT2D eigenvalue weighted by atomic mass is 9.75. The van der Waals surface area contributed by atoms with Gasteiger partial charge in [0.25, 0.3) is 11.4 Å². The minimum Gasteiger partial charge on any atom is -0.391 e. The largest absolute Gasteiger partial charge is 0.416 e. The molecule has 1 unspecified atom stereocenters. The highest BCUT2D eigenvalue weighted by atomic mass is 19.4. The molecule has 0 radical (unpaired) electrons. The molecule has 2 aromatic carbocycles. The summed E-state index contributed by atoms with van der Waals surface area (Å²) in [5.41, 5.74) is -0.567. The number of nitrogens with zero attached hydrogens (tertiary/aromatic N) is 2. The van der Waals surface area contributed by atoms with E-state index in [2.05, 4.69) is 15.1 Å². The van der Waals surface area contributed by atoms with Crippen molar-refractivity contribution >= 4 is 11.7 Å². The molecule has 196 valence electrons. The smallest absolute Gasteiger partial charge is 0.391 e. The Kier molecular flexibility index (Phi) is 8.00. The second kappa shape index (κ2) is 11.0. The summed E-state index contributed by atoms with van der Waals surface area (Å²) in [7, 11) is 0. The number of nitrogens with one attached hydrogen (secondary N) is 1. The second-order valence-corrected chi connectivity index (χ2v) is 10.0. The summed E-state index contributed by atoms with van der Waals surface area (Å²) in [6.45, 7) is 8.51. The van der Waals surface area contributed by atoms with Gasteiger partial charge in [0.15, 0.2) is 5.78 Å². The Morgan fingerprint density at radius 2 is 1.78 bits per heavy atom. The predicted molar refractivity (Wildman–Crippen MR) is 131 cm³/mol. The number of carbonyl (C=O) groups excluding carboxylic acids is 2. The molecule has 1 amide bonds. The molecule has 2 aliphatic rings. The number of β-amino-alcohol motifs (C(OH)–C–C–N with tert-alkyl or cyclic N) is 1. The molecule has 1 aliphatic carbocycles. The molecule has 1 heterocycles. The van der Waals surface area contributed by atoms with Gasteiger partial charge in [0.2, 0.25) is 0 Å². The molecule has 2 aromatic rings. The van der Waals surface area contributed by atoms with Gasteiger partial charge in [-0.05, 0) is 31.0 Å². The summed E-state index contributed by atoms with van der Waals surface area (Å²) in [5, 5.41) is 13.0. The number of alkyl halides is 3. The van der Waals surface area contributed by atoms with E-state index in [9.17, 15) is 27.9 Å². The Balaban J connectivity index is 1.26. The van der Waals surface area contributed by atoms with E-state index < -0.39 is 29.3 Å². The summed E-state index contributed by atoms with van der Waals surface area (Å²) >= 11 is 0. The average Bonchev–Trinajstić information content (AvgIpc) is 3.27. The summed E-state index contributed by atoms with van der Waals surface area (Å²) in [5.74, 6) is -1.32. The average molecular weight is 514 g/mol. The van der Waals surface area contributed by atoms with Gasteiger partial charge in [-0.3, -0.25) is 14.5 Å². The molecule has 0 aromatic heterocycles. The first-order valence-corrected chi connectivity index (χ1v) is 12.4. The number of hydrogen-bond acceptors (Lipinski definition) is 4. The maximum absolute atomic E-state index is 12.9. The number of halogens is 3. The van der Waals surface area contributed by atoms with Crippen LogP contribution in [0.25, 0.3) is 4.85 Å². The molecule has 0 bridgehead atoms. The lowest BCUT2D eigenvalue weighted by Crippen LogP contribution is -2.41. The first-order chi connectivity index (χ1) is 17.6. The van der Waals surface area contributed by atoms with Crippen molar-refractivity contribution in [2.75, 3.05) is 19.6 Å². The molecule has 6 nitrogen and oxygen atoms in total. The molecule has 4 rings (SSSR count). The summed E-state index contributed by atoms with van der Waals surface area (Å²) in [4.78, 5) is 31.0. The zero-order valence-corrected chi connectivity index (χ0v) is 20.4. The van der Waals surface area contributed by atoms with Crippen molar-refractivity contribution in [3.8, 4) is 0 Å². The molecule has 1 aliphatic heterocycles. The normalized spacial score (nSPS) is 26.4. The number of aliphatic hydroxyl groups excluding tert-OH is 1. The molecular weight excluding hydrogens is 483 g/mol. The van der Waals surface area contributed by atoms with Gasteiger partial charge in [-0.15, -0.1) is 0 Å². The van der Waals surface area contributed by atoms with Crippen LogP contribution in [0.2, 0.25) is 0 Å². The molecule has 2 atom stereocenters. The third kappa shape index (κ3) is 6.20. The minimum absolute atomic E-state index is 0.0727. The van der Waals surface area contributed by atoms with Crippen molar-refractivity contribution in [1.29, 1.82) is 0 Å². The maximum atomic E-state index is 12.9. The zero-order chi connectivity index (χ0) is 26.6. The van der Waals surface area contributed by atoms with E-state index in [4.69, 9.17) is 6.57 Å². The van der Waals surface area contributed by atoms with Crippen molar-refractivity contribution in [3.05, 3.63) is 82.7 Å². The van der Waals surface area contributed by atoms with Crippen LogP contribution in [0.5, 0.6) is 0 Å². The minimum atomic E-state index is -4.56. The van der Waals surface area contributed by atoms with Crippen LogP contribution in [0.15, 0.2) is 54.6 Å². The van der Waals surface area contributed by atoms with E-state index >= 15 is 0 Å². The second-order valence-electron chi connectivity index (χ2n) is 10.0. The van der Waals surface area contributed by atoms with Crippen molar-refractivity contribution in [1.82, 2.24) is 10.2 Å². The summed E-state index contributed by atoms with van der Waals surface area (Å²) < 4.78 is 38.6. The highest BCUT2D eigenvalue weighted by molar-refractivity contribution is 5.96. The highest BCUT2D eigenvalue weighted by Crippen LogP contribution is 2.43. The number of amides is 1. The van der Waals surface area contributed by atoms with Crippen LogP contribution in [0, 0.1) is 12.5 Å². The standard InChI is InChI=1S/C28H30F3N3O3/c1-32-27(21-7-3-2-4-8-21)12-10-23(11-13-27)34-17-20(25(36)18-34)15-24(35)16-33-26(37)19-6-5-9-22(14-19)28(29,30)31/h2-9,14,20,23,25,36H,10-13,15-18H2,(H,33,37)/t20?,23?,25-,27?/m0/s1. The predicted octanol–water partition coefficient (Wildman–Crippen LogP) is 4.44. The zero-order valence-electron chi connectivity index (χ0n) is 20.4. The number of aliphatic hydroxyl groups is 1. The Morgan fingerprint density at radius 3 is 2.43 bits per heavy atom. The van der Waals surface area contributed by atoms with Gasteiger partial charge in [0.05, 0.1) is 18.2 Å². The van der Waals surface area contributed by atoms with Gasteiger partial charge in [-0.1, -0.05) is 36.4 Å². The number of benzene rings is 2. The summed E-state index contributed by atoms with van der Waals surface area (Å²) in [6.07, 6.45) is -2.02. The third-order valence-corrected chi connectivity index (χ3v) is 7.65. The lowest BCUT2D eigenvalue weighted by molar-refractivity contribution is -0.137. The number of likely N-dealkylation sites (tertiary alicyclic amines) is 1. The highest BCUT2D eigenvalue weighted by Gasteiger charge is 2.45. The van der Waals surface area contributed by atoms with Gasteiger partial charge in [-0.2, -0.15) is 13.2 Å². The fraction of sp³-hybridized carbons (Fsp3) is 0.464. The monoisotopic (exact) mass is 513 g/mol. The van der Waals surface area contributed by atoms with Crippen LogP contribution < -0.4 is 5.32 Å². The first kappa shape index (κ1) is 26.8. The molecule has 1 saturated heterocycles. The molecule has 1 saturated carbocycles. The van der Waals surface area contributed by atoms with Crippen LogP contribution in [-0.2, 0) is 16.5 Å².